The fourth-order valence-corrected chi connectivity index (χ4v) is 2.84. The van der Waals surface area contributed by atoms with E-state index in [2.05, 4.69) is 54.5 Å². The Labute approximate surface area is 129 Å². The maximum Gasteiger partial charge on any atom is 0.231 e. The summed E-state index contributed by atoms with van der Waals surface area (Å²) < 4.78 is 10.8. The maximum atomic E-state index is 5.47. The Morgan fingerprint density at radius 3 is 2.64 bits per heavy atom. The van der Waals surface area contributed by atoms with Crippen molar-refractivity contribution in [3.63, 3.8) is 0 Å². The minimum absolute atomic E-state index is 0.304. The molecule has 4 heteroatoms. The second-order valence-electron chi connectivity index (χ2n) is 5.81. The van der Waals surface area contributed by atoms with E-state index in [-0.39, 0.29) is 0 Å². The summed E-state index contributed by atoms with van der Waals surface area (Å²) in [5, 5.41) is 3.39. The second-order valence-corrected chi connectivity index (χ2v) is 5.81. The van der Waals surface area contributed by atoms with Gasteiger partial charge in [0.2, 0.25) is 6.79 Å². The Morgan fingerprint density at radius 2 is 1.77 bits per heavy atom. The number of nitrogens with one attached hydrogen (secondary N) is 2. The van der Waals surface area contributed by atoms with E-state index in [1.807, 2.05) is 12.1 Å². The van der Waals surface area contributed by atoms with E-state index in [9.17, 15) is 0 Å². The molecule has 1 aromatic carbocycles. The molecule has 3 aliphatic rings. The number of ether oxygens (including phenoxy) is 2. The molecule has 1 aliphatic carbocycles. The van der Waals surface area contributed by atoms with Gasteiger partial charge in [-0.25, -0.2) is 0 Å². The van der Waals surface area contributed by atoms with Crippen LogP contribution >= 0.6 is 0 Å². The number of fused-ring (bicyclic) bond motifs is 2. The van der Waals surface area contributed by atoms with Crippen molar-refractivity contribution in [1.29, 1.82) is 0 Å². The molecule has 0 atom stereocenters. The highest BCUT2D eigenvalue weighted by atomic mass is 16.7. The van der Waals surface area contributed by atoms with Gasteiger partial charge in [0.05, 0.1) is 0 Å². The zero-order valence-electron chi connectivity index (χ0n) is 12.6. The third-order valence-electron chi connectivity index (χ3n) is 3.81. The van der Waals surface area contributed by atoms with Gasteiger partial charge in [0.1, 0.15) is 5.82 Å². The van der Waals surface area contributed by atoms with Crippen molar-refractivity contribution in [3.05, 3.63) is 42.5 Å². The molecule has 2 N–H and O–H groups in total. The Bertz CT molecular complexity index is 792. The van der Waals surface area contributed by atoms with Crippen molar-refractivity contribution in [3.8, 4) is 33.9 Å². The second kappa shape index (κ2) is 4.98. The van der Waals surface area contributed by atoms with Crippen molar-refractivity contribution in [2.24, 2.45) is 0 Å². The van der Waals surface area contributed by atoms with Crippen molar-refractivity contribution < 1.29 is 9.47 Å². The largest absolute Gasteiger partial charge is 0.454 e. The number of pyridine rings is 1. The van der Waals surface area contributed by atoms with Crippen molar-refractivity contribution in [2.45, 2.75) is 19.9 Å². The molecule has 0 saturated heterocycles. The lowest BCUT2D eigenvalue weighted by Crippen LogP contribution is -2.11. The fourth-order valence-electron chi connectivity index (χ4n) is 2.84. The van der Waals surface area contributed by atoms with Crippen LogP contribution in [0.2, 0.25) is 0 Å². The van der Waals surface area contributed by atoms with Crippen LogP contribution in [-0.4, -0.2) is 17.8 Å². The van der Waals surface area contributed by atoms with E-state index >= 15 is 0 Å². The predicted octanol–water partition coefficient (Wildman–Crippen LogP) is 4.34. The van der Waals surface area contributed by atoms with E-state index in [0.29, 0.717) is 12.8 Å². The predicted molar refractivity (Wildman–Crippen MR) is 87.7 cm³/mol. The van der Waals surface area contributed by atoms with Gasteiger partial charge < -0.3 is 19.8 Å². The molecule has 2 heterocycles. The Morgan fingerprint density at radius 1 is 0.955 bits per heavy atom. The van der Waals surface area contributed by atoms with Crippen LogP contribution in [0.1, 0.15) is 13.8 Å². The summed E-state index contributed by atoms with van der Waals surface area (Å²) in [5.74, 6) is 2.66. The molecule has 2 aliphatic heterocycles. The molecule has 4 nitrogen and oxygen atoms in total. The van der Waals surface area contributed by atoms with Crippen molar-refractivity contribution >= 4 is 5.82 Å². The number of anilines is 1. The van der Waals surface area contributed by atoms with Gasteiger partial charge in [0.15, 0.2) is 11.5 Å². The number of hydrogen-bond donors (Lipinski definition) is 2. The summed E-state index contributed by atoms with van der Waals surface area (Å²) in [5.41, 5.74) is 4.66. The summed E-state index contributed by atoms with van der Waals surface area (Å²) >= 11 is 0. The number of H-pyrrole nitrogens is 1. The lowest BCUT2D eigenvalue weighted by molar-refractivity contribution is 0.174. The van der Waals surface area contributed by atoms with Crippen molar-refractivity contribution in [1.82, 2.24) is 4.98 Å². The normalized spacial score (nSPS) is 13.0. The van der Waals surface area contributed by atoms with Gasteiger partial charge in [-0.2, -0.15) is 0 Å². The van der Waals surface area contributed by atoms with Gasteiger partial charge >= 0.3 is 0 Å². The van der Waals surface area contributed by atoms with E-state index in [1.165, 1.54) is 11.1 Å². The molecule has 0 spiro atoms. The third kappa shape index (κ3) is 2.17. The molecule has 0 bridgehead atoms. The first-order valence-corrected chi connectivity index (χ1v) is 7.49. The molecule has 112 valence electrons. The van der Waals surface area contributed by atoms with Gasteiger partial charge in [-0.3, -0.25) is 0 Å². The van der Waals surface area contributed by atoms with Gasteiger partial charge in [-0.1, -0.05) is 12.1 Å². The molecule has 0 saturated carbocycles. The Balaban J connectivity index is 1.73. The van der Waals surface area contributed by atoms with Crippen LogP contribution in [0, 0.1) is 0 Å². The third-order valence-corrected chi connectivity index (χ3v) is 3.81. The maximum absolute atomic E-state index is 5.47. The van der Waals surface area contributed by atoms with Crippen LogP contribution < -0.4 is 14.8 Å². The molecule has 0 radical (unpaired) electrons. The summed E-state index contributed by atoms with van der Waals surface area (Å²) in [7, 11) is 0. The summed E-state index contributed by atoms with van der Waals surface area (Å²) in [6.07, 6.45) is 0. The topological polar surface area (TPSA) is 46.3 Å². The molecule has 4 rings (SSSR count). The quantitative estimate of drug-likeness (QED) is 0.755. The number of aromatic nitrogens is 1. The lowest BCUT2D eigenvalue weighted by atomic mass is 10.0. The Kier molecular flexibility index (Phi) is 2.96. The molecule has 0 amide bonds. The molecule has 1 aromatic rings. The van der Waals surface area contributed by atoms with Gasteiger partial charge in [0, 0.05) is 17.3 Å². The monoisotopic (exact) mass is 294 g/mol. The highest BCUT2D eigenvalue weighted by Gasteiger charge is 2.17. The van der Waals surface area contributed by atoms with Crippen LogP contribution in [0.25, 0.3) is 22.4 Å². The van der Waals surface area contributed by atoms with E-state index in [0.717, 1.165) is 28.6 Å². The zero-order valence-corrected chi connectivity index (χ0v) is 12.6. The lowest BCUT2D eigenvalue weighted by Gasteiger charge is -2.13. The van der Waals surface area contributed by atoms with Crippen molar-refractivity contribution in [2.75, 3.05) is 12.1 Å². The fraction of sp³-hybridized carbons (Fsp3) is 0.222. The average molecular weight is 294 g/mol. The molecule has 22 heavy (non-hydrogen) atoms. The average Bonchev–Trinajstić information content (AvgIpc) is 3.11. The SMILES string of the molecule is CC(C)Nc1ccc2c(-c3ccc4c(c3)OCO4)ccc-2[nH]1. The number of aromatic amines is 1. The van der Waals surface area contributed by atoms with Crippen LogP contribution in [0.5, 0.6) is 11.5 Å². The highest BCUT2D eigenvalue weighted by Crippen LogP contribution is 2.40. The standard InChI is InChI=1S/C18H18N2O2/c1-11(2)19-18-8-5-14-13(4-6-15(14)20-18)12-3-7-16-17(9-12)22-10-21-16/h3-9,11,19-20H,10H2,1-2H3. The molecule has 0 unspecified atom stereocenters. The van der Waals surface area contributed by atoms with Gasteiger partial charge in [-0.15, -0.1) is 0 Å². The van der Waals surface area contributed by atoms with Crippen LogP contribution in [-0.2, 0) is 0 Å². The smallest absolute Gasteiger partial charge is 0.231 e. The zero-order chi connectivity index (χ0) is 15.1. The first-order valence-electron chi connectivity index (χ1n) is 7.49. The molecular formula is C18H18N2O2. The summed E-state index contributed by atoms with van der Waals surface area (Å²) in [6.45, 7) is 4.56. The first kappa shape index (κ1) is 13.1. The van der Waals surface area contributed by atoms with E-state index < -0.39 is 0 Å². The van der Waals surface area contributed by atoms with Crippen LogP contribution in [0.3, 0.4) is 0 Å². The molecule has 0 aromatic heterocycles. The van der Waals surface area contributed by atoms with Gasteiger partial charge in [0.25, 0.3) is 0 Å². The van der Waals surface area contributed by atoms with Gasteiger partial charge in [-0.05, 0) is 55.3 Å². The summed E-state index contributed by atoms with van der Waals surface area (Å²) in [4.78, 5) is 3.43. The minimum Gasteiger partial charge on any atom is -0.454 e. The Hall–Kier alpha value is -2.62. The molecule has 0 fully saturated rings. The van der Waals surface area contributed by atoms with E-state index in [4.69, 9.17) is 9.47 Å². The number of benzene rings is 1. The first-order chi connectivity index (χ1) is 10.7. The van der Waals surface area contributed by atoms with Crippen LogP contribution in [0.4, 0.5) is 5.82 Å². The molecular weight excluding hydrogens is 276 g/mol. The van der Waals surface area contributed by atoms with E-state index in [1.54, 1.807) is 0 Å². The van der Waals surface area contributed by atoms with Crippen LogP contribution in [0.15, 0.2) is 42.5 Å². The summed E-state index contributed by atoms with van der Waals surface area (Å²) in [6, 6.07) is 15.0. The highest BCUT2D eigenvalue weighted by molar-refractivity contribution is 5.86. The number of hydrogen-bond acceptors (Lipinski definition) is 3. The minimum atomic E-state index is 0.304. The number of rotatable bonds is 3.